The van der Waals surface area contributed by atoms with Gasteiger partial charge in [0.25, 0.3) is 0 Å². The maximum atomic E-state index is 8.88. The van der Waals surface area contributed by atoms with Gasteiger partial charge in [0.1, 0.15) is 0 Å². The fraction of sp³-hybridized carbons (Fsp3) is 1.00. The quantitative estimate of drug-likeness (QED) is 0.503. The number of hydrogen-bond acceptors (Lipinski definition) is 2. The van der Waals surface area contributed by atoms with Crippen molar-refractivity contribution in [1.29, 1.82) is 0 Å². The molecule has 98 valence electrons. The van der Waals surface area contributed by atoms with Crippen molar-refractivity contribution in [3.63, 3.8) is 0 Å². The molecule has 2 nitrogen and oxygen atoms in total. The molecule has 0 unspecified atom stereocenters. The fourth-order valence-electron chi connectivity index (χ4n) is 2.16. The lowest BCUT2D eigenvalue weighted by Gasteiger charge is -2.34. The summed E-state index contributed by atoms with van der Waals surface area (Å²) in [6.45, 7) is 11.8. The van der Waals surface area contributed by atoms with Gasteiger partial charge in [0.2, 0.25) is 0 Å². The zero-order chi connectivity index (χ0) is 12.7. The van der Waals surface area contributed by atoms with Crippen molar-refractivity contribution in [3.8, 4) is 0 Å². The Morgan fingerprint density at radius 3 is 1.81 bits per heavy atom. The molecule has 0 aliphatic carbocycles. The zero-order valence-electron chi connectivity index (χ0n) is 11.8. The van der Waals surface area contributed by atoms with E-state index in [2.05, 4.69) is 33.1 Å². The lowest BCUT2D eigenvalue weighted by atomic mass is 10.3. The summed E-state index contributed by atoms with van der Waals surface area (Å²) in [5.74, 6) is 0. The molecule has 0 fully saturated rings. The van der Waals surface area contributed by atoms with E-state index in [1.165, 1.54) is 25.3 Å². The van der Waals surface area contributed by atoms with E-state index in [1.54, 1.807) is 0 Å². The van der Waals surface area contributed by atoms with Crippen molar-refractivity contribution in [2.24, 2.45) is 0 Å². The molecule has 0 saturated carbocycles. The Bertz CT molecular complexity index is 182. The molecule has 0 spiro atoms. The molecule has 0 heterocycles. The van der Waals surface area contributed by atoms with Crippen LogP contribution in [0.3, 0.4) is 0 Å². The standard InChI is InChI=1S/C12H30O2Si2/c1-6-7-8-11-15(2,3)14-16(4,5)12-9-10-13/h13H,6-12H2,1-5H3. The van der Waals surface area contributed by atoms with Crippen molar-refractivity contribution in [1.82, 2.24) is 0 Å². The van der Waals surface area contributed by atoms with Crippen molar-refractivity contribution in [3.05, 3.63) is 0 Å². The predicted octanol–water partition coefficient (Wildman–Crippen LogP) is 3.99. The smallest absolute Gasteiger partial charge is 0.173 e. The number of aliphatic hydroxyl groups excluding tert-OH is 1. The zero-order valence-corrected chi connectivity index (χ0v) is 13.8. The third-order valence-electron chi connectivity index (χ3n) is 2.87. The van der Waals surface area contributed by atoms with Crippen LogP contribution < -0.4 is 0 Å². The Labute approximate surface area is 104 Å². The minimum absolute atomic E-state index is 0.303. The summed E-state index contributed by atoms with van der Waals surface area (Å²) >= 11 is 0. The molecule has 0 amide bonds. The van der Waals surface area contributed by atoms with Crippen LogP contribution in [0.15, 0.2) is 0 Å². The molecule has 0 aromatic rings. The van der Waals surface area contributed by atoms with Crippen LogP contribution in [-0.2, 0) is 4.12 Å². The van der Waals surface area contributed by atoms with Gasteiger partial charge in [-0.25, -0.2) is 0 Å². The molecule has 1 N–H and O–H groups in total. The Morgan fingerprint density at radius 1 is 0.875 bits per heavy atom. The van der Waals surface area contributed by atoms with E-state index in [-0.39, 0.29) is 0 Å². The number of aliphatic hydroxyl groups is 1. The van der Waals surface area contributed by atoms with Gasteiger partial charge < -0.3 is 9.22 Å². The molecular weight excluding hydrogens is 232 g/mol. The molecule has 0 aliphatic heterocycles. The minimum atomic E-state index is -1.52. The molecule has 0 aromatic heterocycles. The van der Waals surface area contributed by atoms with Crippen LogP contribution in [0.5, 0.6) is 0 Å². The van der Waals surface area contributed by atoms with Crippen LogP contribution in [0, 0.1) is 0 Å². The summed E-state index contributed by atoms with van der Waals surface area (Å²) in [5, 5.41) is 8.88. The van der Waals surface area contributed by atoms with E-state index >= 15 is 0 Å². The minimum Gasteiger partial charge on any atom is -0.455 e. The van der Waals surface area contributed by atoms with Crippen molar-refractivity contribution >= 4 is 16.6 Å². The molecule has 0 aliphatic rings. The van der Waals surface area contributed by atoms with Gasteiger partial charge in [-0.05, 0) is 44.7 Å². The monoisotopic (exact) mass is 262 g/mol. The molecule has 0 radical (unpaired) electrons. The second-order valence-corrected chi connectivity index (χ2v) is 14.8. The highest BCUT2D eigenvalue weighted by molar-refractivity contribution is 6.84. The first-order valence-electron chi connectivity index (χ1n) is 6.64. The highest BCUT2D eigenvalue weighted by Crippen LogP contribution is 2.24. The number of rotatable bonds is 9. The molecule has 16 heavy (non-hydrogen) atoms. The van der Waals surface area contributed by atoms with E-state index in [4.69, 9.17) is 9.22 Å². The summed E-state index contributed by atoms with van der Waals surface area (Å²) < 4.78 is 6.44. The Morgan fingerprint density at radius 2 is 1.38 bits per heavy atom. The Kier molecular flexibility index (Phi) is 7.80. The molecule has 4 heteroatoms. The SMILES string of the molecule is CCCCC[Si](C)(C)O[Si](C)(C)CCCO. The Hall–Kier alpha value is 0.354. The van der Waals surface area contributed by atoms with Gasteiger partial charge in [-0.2, -0.15) is 0 Å². The van der Waals surface area contributed by atoms with Gasteiger partial charge in [0.15, 0.2) is 16.6 Å². The molecule has 0 aromatic carbocycles. The van der Waals surface area contributed by atoms with Crippen molar-refractivity contribution in [2.45, 2.75) is 70.9 Å². The first-order valence-corrected chi connectivity index (χ1v) is 12.9. The summed E-state index contributed by atoms with van der Waals surface area (Å²) in [6.07, 6.45) is 4.84. The summed E-state index contributed by atoms with van der Waals surface area (Å²) in [7, 11) is -2.96. The van der Waals surface area contributed by atoms with Crippen LogP contribution in [0.1, 0.15) is 32.6 Å². The first kappa shape index (κ1) is 16.4. The van der Waals surface area contributed by atoms with Gasteiger partial charge >= 0.3 is 0 Å². The van der Waals surface area contributed by atoms with Gasteiger partial charge in [-0.15, -0.1) is 0 Å². The largest absolute Gasteiger partial charge is 0.455 e. The number of hydrogen-bond donors (Lipinski definition) is 1. The Balaban J connectivity index is 4.01. The summed E-state index contributed by atoms with van der Waals surface area (Å²) in [4.78, 5) is 0. The highest BCUT2D eigenvalue weighted by atomic mass is 28.4. The molecule has 0 saturated heterocycles. The predicted molar refractivity (Wildman–Crippen MR) is 76.9 cm³/mol. The maximum Gasteiger partial charge on any atom is 0.173 e. The van der Waals surface area contributed by atoms with E-state index in [0.29, 0.717) is 6.61 Å². The van der Waals surface area contributed by atoms with Gasteiger partial charge in [-0.3, -0.25) is 0 Å². The summed E-state index contributed by atoms with van der Waals surface area (Å²) in [6, 6.07) is 2.38. The van der Waals surface area contributed by atoms with Crippen molar-refractivity contribution < 1.29 is 9.22 Å². The van der Waals surface area contributed by atoms with E-state index in [9.17, 15) is 0 Å². The van der Waals surface area contributed by atoms with Gasteiger partial charge in [-0.1, -0.05) is 26.2 Å². The average Bonchev–Trinajstić information content (AvgIpc) is 2.13. The topological polar surface area (TPSA) is 29.5 Å². The third kappa shape index (κ3) is 8.50. The van der Waals surface area contributed by atoms with E-state index in [1.807, 2.05) is 0 Å². The van der Waals surface area contributed by atoms with Gasteiger partial charge in [0.05, 0.1) is 0 Å². The lowest BCUT2D eigenvalue weighted by molar-refractivity contribution is 0.292. The first-order chi connectivity index (χ1) is 7.33. The van der Waals surface area contributed by atoms with Crippen LogP contribution in [0.4, 0.5) is 0 Å². The van der Waals surface area contributed by atoms with Crippen LogP contribution >= 0.6 is 0 Å². The molecule has 0 rings (SSSR count). The van der Waals surface area contributed by atoms with Gasteiger partial charge in [0, 0.05) is 6.61 Å². The molecular formula is C12H30O2Si2. The van der Waals surface area contributed by atoms with Crippen molar-refractivity contribution in [2.75, 3.05) is 6.61 Å². The second kappa shape index (κ2) is 7.64. The van der Waals surface area contributed by atoms with Crippen LogP contribution in [-0.4, -0.2) is 28.3 Å². The average molecular weight is 263 g/mol. The van der Waals surface area contributed by atoms with E-state index < -0.39 is 16.6 Å². The lowest BCUT2D eigenvalue weighted by Crippen LogP contribution is -2.44. The van der Waals surface area contributed by atoms with Crippen LogP contribution in [0.25, 0.3) is 0 Å². The van der Waals surface area contributed by atoms with E-state index in [0.717, 1.165) is 12.5 Å². The normalized spacial score (nSPS) is 13.1. The molecule has 0 atom stereocenters. The second-order valence-electron chi connectivity index (χ2n) is 5.91. The highest BCUT2D eigenvalue weighted by Gasteiger charge is 2.31. The maximum absolute atomic E-state index is 8.88. The fourth-order valence-corrected chi connectivity index (χ4v) is 11.1. The summed E-state index contributed by atoms with van der Waals surface area (Å²) in [5.41, 5.74) is 0. The molecule has 0 bridgehead atoms. The third-order valence-corrected chi connectivity index (χ3v) is 10.4. The van der Waals surface area contributed by atoms with Crippen LogP contribution in [0.2, 0.25) is 38.3 Å². The number of unbranched alkanes of at least 4 members (excludes halogenated alkanes) is 2.